The first kappa shape index (κ1) is 25.7. The molecule has 2 N–H and O–H groups in total. The number of aromatic nitrogens is 2. The molecule has 0 saturated carbocycles. The van der Waals surface area contributed by atoms with Crippen molar-refractivity contribution in [3.05, 3.63) is 69.6 Å². The molecule has 4 aromatic rings. The van der Waals surface area contributed by atoms with Gasteiger partial charge in [-0.2, -0.15) is 0 Å². The molecule has 0 radical (unpaired) electrons. The zero-order valence-corrected chi connectivity index (χ0v) is 22.4. The number of nitrogens with one attached hydrogen (secondary N) is 2. The predicted octanol–water partition coefficient (Wildman–Crippen LogP) is 5.49. The Morgan fingerprint density at radius 2 is 2.00 bits per heavy atom. The summed E-state index contributed by atoms with van der Waals surface area (Å²) in [6.45, 7) is 4.28. The molecule has 0 aliphatic carbocycles. The summed E-state index contributed by atoms with van der Waals surface area (Å²) in [5.41, 5.74) is 4.28. The number of hydrogen-bond donors (Lipinski definition) is 2. The largest absolute Gasteiger partial charge is 0.379 e. The molecular weight excluding hydrogens is 530 g/mol. The number of anilines is 2. The zero-order chi connectivity index (χ0) is 25.6. The normalized spacial score (nSPS) is 14.9. The summed E-state index contributed by atoms with van der Waals surface area (Å²) >= 11 is 8.99. The number of morpholine rings is 1. The fraction of sp³-hybridized carbons (Fsp3) is 0.308. The first-order valence-corrected chi connectivity index (χ1v) is 14.2. The highest BCUT2D eigenvalue weighted by atomic mass is 35.5. The number of ether oxygens (including phenoxy) is 1. The topological polar surface area (TPSA) is 96.5 Å². The van der Waals surface area contributed by atoms with Crippen molar-refractivity contribution in [1.82, 2.24) is 14.9 Å². The van der Waals surface area contributed by atoms with Crippen molar-refractivity contribution in [3.63, 3.8) is 0 Å². The number of nitrogens with zero attached hydrogens (tertiary/aromatic N) is 3. The summed E-state index contributed by atoms with van der Waals surface area (Å²) < 4.78 is 6.29. The van der Waals surface area contributed by atoms with Crippen LogP contribution in [0, 0.1) is 0 Å². The summed E-state index contributed by atoms with van der Waals surface area (Å²) in [4.78, 5) is 36.8. The van der Waals surface area contributed by atoms with Gasteiger partial charge in [0.15, 0.2) is 5.13 Å². The SMILES string of the molecule is O=C(Nc1ccc2nc(NC(=O)C(CCCN3CCOCC3)c3cccc(Cl)c3)sc2c1)c1cscn1. The number of amides is 2. The number of hydrogen-bond acceptors (Lipinski definition) is 8. The van der Waals surface area contributed by atoms with Crippen LogP contribution in [0.3, 0.4) is 0 Å². The molecule has 5 rings (SSSR count). The molecule has 1 unspecified atom stereocenters. The molecule has 1 fully saturated rings. The molecule has 2 aromatic heterocycles. The van der Waals surface area contributed by atoms with Crippen LogP contribution < -0.4 is 10.6 Å². The van der Waals surface area contributed by atoms with Crippen molar-refractivity contribution in [3.8, 4) is 0 Å². The number of thiazole rings is 2. The standard InChI is InChI=1S/C26H26ClN5O3S2/c27-18-4-1-3-17(13-18)20(5-2-8-32-9-11-35-12-10-32)24(33)31-26-30-21-7-6-19(14-23(21)37-26)29-25(34)22-15-36-16-28-22/h1,3-4,6-7,13-16,20H,2,5,8-12H2,(H,29,34)(H,30,31,33). The first-order chi connectivity index (χ1) is 18.0. The Morgan fingerprint density at radius 3 is 2.78 bits per heavy atom. The molecule has 11 heteroatoms. The Balaban J connectivity index is 1.27. The van der Waals surface area contributed by atoms with Gasteiger partial charge in [-0.3, -0.25) is 14.5 Å². The molecule has 3 heterocycles. The predicted molar refractivity (Wildman–Crippen MR) is 149 cm³/mol. The second-order valence-corrected chi connectivity index (χ2v) is 10.9. The maximum atomic E-state index is 13.4. The summed E-state index contributed by atoms with van der Waals surface area (Å²) in [5, 5.41) is 8.69. The smallest absolute Gasteiger partial charge is 0.275 e. The number of carbonyl (C=O) groups excluding carboxylic acids is 2. The molecule has 8 nitrogen and oxygen atoms in total. The lowest BCUT2D eigenvalue weighted by molar-refractivity contribution is -0.117. The van der Waals surface area contributed by atoms with Gasteiger partial charge in [-0.15, -0.1) is 11.3 Å². The van der Waals surface area contributed by atoms with Crippen molar-refractivity contribution >= 4 is 67.1 Å². The molecule has 2 aromatic carbocycles. The van der Waals surface area contributed by atoms with E-state index < -0.39 is 0 Å². The quantitative estimate of drug-likeness (QED) is 0.283. The average Bonchev–Trinajstić information content (AvgIpc) is 3.57. The number of halogens is 1. The second-order valence-electron chi connectivity index (χ2n) is 8.72. The van der Waals surface area contributed by atoms with Gasteiger partial charge in [0.2, 0.25) is 5.91 Å². The van der Waals surface area contributed by atoms with Crippen LogP contribution >= 0.6 is 34.3 Å². The van der Waals surface area contributed by atoms with Crippen LogP contribution in [0.15, 0.2) is 53.4 Å². The number of carbonyl (C=O) groups is 2. The van der Waals surface area contributed by atoms with Crippen LogP contribution in [-0.2, 0) is 9.53 Å². The van der Waals surface area contributed by atoms with Crippen molar-refractivity contribution in [2.45, 2.75) is 18.8 Å². The minimum absolute atomic E-state index is 0.111. The monoisotopic (exact) mass is 555 g/mol. The maximum Gasteiger partial charge on any atom is 0.275 e. The second kappa shape index (κ2) is 12.1. The van der Waals surface area contributed by atoms with Crippen LogP contribution in [0.25, 0.3) is 10.2 Å². The lowest BCUT2D eigenvalue weighted by Crippen LogP contribution is -2.37. The Hall–Kier alpha value is -2.89. The van der Waals surface area contributed by atoms with E-state index >= 15 is 0 Å². The van der Waals surface area contributed by atoms with Crippen LogP contribution in [0.2, 0.25) is 5.02 Å². The van der Waals surface area contributed by atoms with Gasteiger partial charge in [0, 0.05) is 29.2 Å². The van der Waals surface area contributed by atoms with E-state index in [1.807, 2.05) is 36.4 Å². The van der Waals surface area contributed by atoms with Crippen molar-refractivity contribution in [2.75, 3.05) is 43.5 Å². The van der Waals surface area contributed by atoms with E-state index in [0.29, 0.717) is 28.0 Å². The third kappa shape index (κ3) is 6.71. The fourth-order valence-corrected chi connectivity index (χ4v) is 5.92. The molecular formula is C26H26ClN5O3S2. The van der Waals surface area contributed by atoms with E-state index in [1.165, 1.54) is 22.7 Å². The lowest BCUT2D eigenvalue weighted by atomic mass is 9.93. The third-order valence-electron chi connectivity index (χ3n) is 6.18. The van der Waals surface area contributed by atoms with Crippen LogP contribution in [0.4, 0.5) is 10.8 Å². The van der Waals surface area contributed by atoms with Crippen LogP contribution in [0.5, 0.6) is 0 Å². The summed E-state index contributed by atoms with van der Waals surface area (Å²) in [5.74, 6) is -0.722. The van der Waals surface area contributed by atoms with Crippen molar-refractivity contribution < 1.29 is 14.3 Å². The van der Waals surface area contributed by atoms with Crippen LogP contribution in [-0.4, -0.2) is 59.5 Å². The number of rotatable bonds is 9. The fourth-order valence-electron chi connectivity index (χ4n) is 4.28. The summed E-state index contributed by atoms with van der Waals surface area (Å²) in [6.07, 6.45) is 1.58. The van der Waals surface area contributed by atoms with Crippen LogP contribution in [0.1, 0.15) is 34.8 Å². The van der Waals surface area contributed by atoms with Gasteiger partial charge in [-0.1, -0.05) is 35.1 Å². The Morgan fingerprint density at radius 1 is 1.14 bits per heavy atom. The molecule has 1 saturated heterocycles. The minimum atomic E-state index is -0.347. The first-order valence-electron chi connectivity index (χ1n) is 12.0. The highest BCUT2D eigenvalue weighted by molar-refractivity contribution is 7.22. The maximum absolute atomic E-state index is 13.4. The molecule has 2 amide bonds. The van der Waals surface area contributed by atoms with Gasteiger partial charge in [0.1, 0.15) is 5.69 Å². The zero-order valence-electron chi connectivity index (χ0n) is 20.0. The molecule has 1 aliphatic heterocycles. The van der Waals surface area contributed by atoms with Crippen molar-refractivity contribution in [2.24, 2.45) is 0 Å². The molecule has 0 bridgehead atoms. The van der Waals surface area contributed by atoms with E-state index in [2.05, 4.69) is 25.5 Å². The number of benzene rings is 2. The molecule has 37 heavy (non-hydrogen) atoms. The Bertz CT molecular complexity index is 1370. The van der Waals surface area contributed by atoms with Gasteiger partial charge >= 0.3 is 0 Å². The lowest BCUT2D eigenvalue weighted by Gasteiger charge is -2.27. The van der Waals surface area contributed by atoms with Crippen molar-refractivity contribution in [1.29, 1.82) is 0 Å². The third-order valence-corrected chi connectivity index (χ3v) is 7.93. The molecule has 192 valence electrons. The van der Waals surface area contributed by atoms with Gasteiger partial charge in [-0.05, 0) is 55.3 Å². The van der Waals surface area contributed by atoms with E-state index in [9.17, 15) is 9.59 Å². The average molecular weight is 556 g/mol. The van der Waals surface area contributed by atoms with E-state index in [0.717, 1.165) is 55.0 Å². The summed E-state index contributed by atoms with van der Waals surface area (Å²) in [7, 11) is 0. The Kier molecular flexibility index (Phi) is 8.42. The van der Waals surface area contributed by atoms with Gasteiger partial charge in [0.25, 0.3) is 5.91 Å². The van der Waals surface area contributed by atoms with E-state index in [-0.39, 0.29) is 17.7 Å². The number of fused-ring (bicyclic) bond motifs is 1. The Labute approximate surface area is 227 Å². The molecule has 0 spiro atoms. The van der Waals surface area contributed by atoms with E-state index in [4.69, 9.17) is 16.3 Å². The van der Waals surface area contributed by atoms with E-state index in [1.54, 1.807) is 17.0 Å². The molecule has 1 aliphatic rings. The highest BCUT2D eigenvalue weighted by Crippen LogP contribution is 2.31. The highest BCUT2D eigenvalue weighted by Gasteiger charge is 2.23. The van der Waals surface area contributed by atoms with Gasteiger partial charge < -0.3 is 15.4 Å². The molecule has 1 atom stereocenters. The summed E-state index contributed by atoms with van der Waals surface area (Å²) in [6, 6.07) is 13.0. The van der Waals surface area contributed by atoms with Gasteiger partial charge in [-0.25, -0.2) is 9.97 Å². The van der Waals surface area contributed by atoms with Gasteiger partial charge in [0.05, 0.1) is 34.9 Å². The minimum Gasteiger partial charge on any atom is -0.379 e.